The second kappa shape index (κ2) is 4.66. The van der Waals surface area contributed by atoms with Gasteiger partial charge < -0.3 is 13.9 Å². The summed E-state index contributed by atoms with van der Waals surface area (Å²) in [5.41, 5.74) is 2.55. The molecule has 3 rings (SSSR count). The molecule has 0 bridgehead atoms. The third-order valence-electron chi connectivity index (χ3n) is 3.43. The van der Waals surface area contributed by atoms with Crippen molar-refractivity contribution in [1.82, 2.24) is 4.98 Å². The number of aryl methyl sites for hydroxylation is 1. The third-order valence-corrected chi connectivity index (χ3v) is 3.92. The Morgan fingerprint density at radius 3 is 2.48 bits per heavy atom. The van der Waals surface area contributed by atoms with Crippen molar-refractivity contribution in [2.45, 2.75) is 6.92 Å². The molecule has 0 fully saturated rings. The van der Waals surface area contributed by atoms with Crippen LogP contribution in [0.1, 0.15) is 5.56 Å². The highest BCUT2D eigenvalue weighted by atomic mass is 32.2. The zero-order valence-electron chi connectivity index (χ0n) is 11.9. The van der Waals surface area contributed by atoms with Crippen molar-refractivity contribution < 1.29 is 17.3 Å². The number of hydrogen-bond donors (Lipinski definition) is 1. The van der Waals surface area contributed by atoms with Crippen LogP contribution in [0.4, 0.5) is 0 Å². The molecule has 0 saturated heterocycles. The summed E-state index contributed by atoms with van der Waals surface area (Å²) in [5, 5.41) is 2.07. The number of benzene rings is 2. The molecule has 0 saturated carbocycles. The summed E-state index contributed by atoms with van der Waals surface area (Å²) in [6.07, 6.45) is 1.03. The first kappa shape index (κ1) is 13.8. The van der Waals surface area contributed by atoms with Gasteiger partial charge in [-0.05, 0) is 31.2 Å². The van der Waals surface area contributed by atoms with Gasteiger partial charge in [-0.1, -0.05) is 0 Å². The second-order valence-electron chi connectivity index (χ2n) is 4.94. The quantitative estimate of drug-likeness (QED) is 0.755. The molecule has 0 radical (unpaired) electrons. The third kappa shape index (κ3) is 2.42. The fraction of sp³-hybridized carbons (Fsp3) is 0.200. The maximum Gasteiger partial charge on any atom is 0.306 e. The van der Waals surface area contributed by atoms with Crippen LogP contribution in [0.15, 0.2) is 30.3 Å². The van der Waals surface area contributed by atoms with Gasteiger partial charge in [0.1, 0.15) is 11.5 Å². The zero-order valence-corrected chi connectivity index (χ0v) is 12.7. The molecule has 6 heteroatoms. The zero-order chi connectivity index (χ0) is 15.2. The minimum absolute atomic E-state index is 0.337. The maximum atomic E-state index is 11.3. The molecule has 0 aliphatic rings. The molecule has 1 aromatic heterocycles. The van der Waals surface area contributed by atoms with Gasteiger partial charge in [-0.15, -0.1) is 0 Å². The van der Waals surface area contributed by atoms with Crippen LogP contribution in [-0.4, -0.2) is 26.8 Å². The van der Waals surface area contributed by atoms with E-state index in [2.05, 4.69) is 4.98 Å². The number of aromatic nitrogens is 1. The molecule has 0 spiro atoms. The number of ether oxygens (including phenoxy) is 1. The van der Waals surface area contributed by atoms with Crippen molar-refractivity contribution in [3.63, 3.8) is 0 Å². The standard InChI is InChI=1S/C15H15NO4S/c1-9-14(20-21(3,17)18)7-6-12-11-5-4-10(19-2)8-13(11)16-15(9)12/h4-8,16H,1-3H3. The first-order chi connectivity index (χ1) is 9.89. The predicted octanol–water partition coefficient (Wildman–Crippen LogP) is 2.98. The molecule has 0 aliphatic heterocycles. The van der Waals surface area contributed by atoms with Crippen LogP contribution in [0.5, 0.6) is 11.5 Å². The fourth-order valence-electron chi connectivity index (χ4n) is 2.45. The summed E-state index contributed by atoms with van der Waals surface area (Å²) in [5.74, 6) is 1.10. The molecule has 21 heavy (non-hydrogen) atoms. The summed E-state index contributed by atoms with van der Waals surface area (Å²) >= 11 is 0. The topological polar surface area (TPSA) is 68.4 Å². The van der Waals surface area contributed by atoms with Gasteiger partial charge in [0.05, 0.1) is 24.4 Å². The number of methoxy groups -OCH3 is 1. The van der Waals surface area contributed by atoms with Gasteiger partial charge in [0.15, 0.2) is 0 Å². The molecule has 110 valence electrons. The number of nitrogens with one attached hydrogen (secondary N) is 1. The summed E-state index contributed by atoms with van der Waals surface area (Å²) in [6, 6.07) is 9.31. The van der Waals surface area contributed by atoms with Gasteiger partial charge in [-0.2, -0.15) is 8.42 Å². The van der Waals surface area contributed by atoms with E-state index in [0.29, 0.717) is 5.75 Å². The second-order valence-corrected chi connectivity index (χ2v) is 6.51. The van der Waals surface area contributed by atoms with E-state index in [4.69, 9.17) is 8.92 Å². The first-order valence-corrected chi connectivity index (χ1v) is 8.19. The van der Waals surface area contributed by atoms with E-state index >= 15 is 0 Å². The Morgan fingerprint density at radius 2 is 1.81 bits per heavy atom. The van der Waals surface area contributed by atoms with Crippen LogP contribution >= 0.6 is 0 Å². The minimum Gasteiger partial charge on any atom is -0.497 e. The van der Waals surface area contributed by atoms with E-state index in [1.54, 1.807) is 13.2 Å². The van der Waals surface area contributed by atoms with Crippen molar-refractivity contribution in [3.05, 3.63) is 35.9 Å². The Labute approximate surface area is 122 Å². The van der Waals surface area contributed by atoms with E-state index < -0.39 is 10.1 Å². The normalized spacial score (nSPS) is 12.0. The number of rotatable bonds is 3. The number of H-pyrrole nitrogens is 1. The van der Waals surface area contributed by atoms with Gasteiger partial charge >= 0.3 is 10.1 Å². The average Bonchev–Trinajstić information content (AvgIpc) is 2.79. The minimum atomic E-state index is -3.54. The lowest BCUT2D eigenvalue weighted by Crippen LogP contribution is -2.06. The van der Waals surface area contributed by atoms with Gasteiger partial charge in [0.25, 0.3) is 0 Å². The highest BCUT2D eigenvalue weighted by Crippen LogP contribution is 2.34. The number of aromatic amines is 1. The molecule has 5 nitrogen and oxygen atoms in total. The van der Waals surface area contributed by atoms with Crippen LogP contribution in [0.3, 0.4) is 0 Å². The van der Waals surface area contributed by atoms with E-state index in [-0.39, 0.29) is 0 Å². The molecule has 1 heterocycles. The van der Waals surface area contributed by atoms with Crippen molar-refractivity contribution in [2.24, 2.45) is 0 Å². The largest absolute Gasteiger partial charge is 0.497 e. The van der Waals surface area contributed by atoms with Crippen LogP contribution in [0.2, 0.25) is 0 Å². The molecule has 0 amide bonds. The van der Waals surface area contributed by atoms with Crippen LogP contribution in [-0.2, 0) is 10.1 Å². The van der Waals surface area contributed by atoms with E-state index in [0.717, 1.165) is 39.4 Å². The summed E-state index contributed by atoms with van der Waals surface area (Å²) in [7, 11) is -1.92. The Balaban J connectivity index is 2.26. The predicted molar refractivity (Wildman–Crippen MR) is 82.6 cm³/mol. The SMILES string of the molecule is COc1ccc2c(c1)[nH]c1c(C)c(OS(C)(=O)=O)ccc12. The highest BCUT2D eigenvalue weighted by molar-refractivity contribution is 7.86. The molecule has 0 unspecified atom stereocenters. The first-order valence-electron chi connectivity index (χ1n) is 6.37. The van der Waals surface area contributed by atoms with Crippen molar-refractivity contribution in [1.29, 1.82) is 0 Å². The van der Waals surface area contributed by atoms with E-state index in [1.807, 2.05) is 31.2 Å². The summed E-state index contributed by atoms with van der Waals surface area (Å²) in [6.45, 7) is 1.83. The van der Waals surface area contributed by atoms with Gasteiger partial charge in [0.2, 0.25) is 0 Å². The van der Waals surface area contributed by atoms with Crippen molar-refractivity contribution >= 4 is 31.9 Å². The summed E-state index contributed by atoms with van der Waals surface area (Å²) < 4.78 is 32.8. The van der Waals surface area contributed by atoms with Crippen molar-refractivity contribution in [2.75, 3.05) is 13.4 Å². The molecule has 0 aliphatic carbocycles. The molecule has 0 atom stereocenters. The maximum absolute atomic E-state index is 11.3. The van der Waals surface area contributed by atoms with E-state index in [9.17, 15) is 8.42 Å². The Morgan fingerprint density at radius 1 is 1.10 bits per heavy atom. The van der Waals surface area contributed by atoms with Crippen LogP contribution in [0, 0.1) is 6.92 Å². The number of fused-ring (bicyclic) bond motifs is 3. The molecule has 1 N–H and O–H groups in total. The van der Waals surface area contributed by atoms with Gasteiger partial charge in [0, 0.05) is 22.4 Å². The van der Waals surface area contributed by atoms with Gasteiger partial charge in [-0.25, -0.2) is 0 Å². The molecular weight excluding hydrogens is 290 g/mol. The summed E-state index contributed by atoms with van der Waals surface area (Å²) in [4.78, 5) is 3.29. The monoisotopic (exact) mass is 305 g/mol. The van der Waals surface area contributed by atoms with Crippen LogP contribution in [0.25, 0.3) is 21.8 Å². The van der Waals surface area contributed by atoms with Crippen LogP contribution < -0.4 is 8.92 Å². The molecule has 2 aromatic carbocycles. The fourth-order valence-corrected chi connectivity index (χ4v) is 2.96. The van der Waals surface area contributed by atoms with Crippen molar-refractivity contribution in [3.8, 4) is 11.5 Å². The average molecular weight is 305 g/mol. The molecular formula is C15H15NO4S. The Bertz CT molecular complexity index is 941. The lowest BCUT2D eigenvalue weighted by Gasteiger charge is -2.07. The van der Waals surface area contributed by atoms with E-state index in [1.165, 1.54) is 0 Å². The lowest BCUT2D eigenvalue weighted by atomic mass is 10.1. The number of hydrogen-bond acceptors (Lipinski definition) is 4. The Kier molecular flexibility index (Phi) is 3.06. The Hall–Kier alpha value is -2.21. The smallest absolute Gasteiger partial charge is 0.306 e. The van der Waals surface area contributed by atoms with Gasteiger partial charge in [-0.3, -0.25) is 0 Å². The molecule has 3 aromatic rings. The lowest BCUT2D eigenvalue weighted by molar-refractivity contribution is 0.415. The highest BCUT2D eigenvalue weighted by Gasteiger charge is 2.13.